The van der Waals surface area contributed by atoms with Gasteiger partial charge in [0.25, 0.3) is 0 Å². The number of phenolic OH excluding ortho intramolecular Hbond substituents is 2. The van der Waals surface area contributed by atoms with Gasteiger partial charge in [-0.2, -0.15) is 0 Å². The van der Waals surface area contributed by atoms with Crippen LogP contribution in [0.3, 0.4) is 0 Å². The lowest BCUT2D eigenvalue weighted by atomic mass is 9.99. The molecule has 0 aliphatic rings. The maximum atomic E-state index is 12.3. The van der Waals surface area contributed by atoms with Gasteiger partial charge in [0, 0.05) is 12.1 Å². The second kappa shape index (κ2) is 7.57. The van der Waals surface area contributed by atoms with E-state index in [4.69, 9.17) is 4.42 Å². The standard InChI is InChI=1S/C18H23NO6/c1-4-9(2)13(8-20)19-16(23)7-12-10(3)17-14(22)5-11(21)6-15(17)25-18(12)24/h5-6,9,13,20-22H,4,7-8H2,1-3H3,(H,19,23)/t9-,13+/m0/s1. The minimum atomic E-state index is -0.700. The lowest BCUT2D eigenvalue weighted by molar-refractivity contribution is -0.121. The number of aryl methyl sites for hydroxylation is 1. The van der Waals surface area contributed by atoms with Crippen LogP contribution in [0.5, 0.6) is 11.5 Å². The number of carbonyl (C=O) groups excluding carboxylic acids is 1. The van der Waals surface area contributed by atoms with Crippen molar-refractivity contribution in [3.8, 4) is 11.5 Å². The van der Waals surface area contributed by atoms with E-state index in [0.717, 1.165) is 12.5 Å². The normalized spacial score (nSPS) is 13.6. The van der Waals surface area contributed by atoms with Crippen molar-refractivity contribution in [1.29, 1.82) is 0 Å². The number of aromatic hydroxyl groups is 2. The van der Waals surface area contributed by atoms with E-state index in [1.54, 1.807) is 6.92 Å². The monoisotopic (exact) mass is 349 g/mol. The zero-order valence-electron chi connectivity index (χ0n) is 14.5. The van der Waals surface area contributed by atoms with E-state index in [1.807, 2.05) is 13.8 Å². The number of aliphatic hydroxyl groups is 1. The highest BCUT2D eigenvalue weighted by Crippen LogP contribution is 2.32. The molecule has 25 heavy (non-hydrogen) atoms. The van der Waals surface area contributed by atoms with E-state index in [0.29, 0.717) is 5.56 Å². The molecule has 2 rings (SSSR count). The van der Waals surface area contributed by atoms with Gasteiger partial charge in [-0.05, 0) is 18.4 Å². The number of hydrogen-bond acceptors (Lipinski definition) is 6. The summed E-state index contributed by atoms with van der Waals surface area (Å²) < 4.78 is 5.13. The predicted octanol–water partition coefficient (Wildman–Crippen LogP) is 1.58. The number of rotatable bonds is 6. The second-order valence-electron chi connectivity index (χ2n) is 6.25. The lowest BCUT2D eigenvalue weighted by Gasteiger charge is -2.22. The molecule has 4 N–H and O–H groups in total. The first-order valence-corrected chi connectivity index (χ1v) is 8.16. The quantitative estimate of drug-likeness (QED) is 0.588. The summed E-state index contributed by atoms with van der Waals surface area (Å²) in [6, 6.07) is 1.98. The Kier molecular flexibility index (Phi) is 5.69. The largest absolute Gasteiger partial charge is 0.508 e. The molecule has 0 aliphatic carbocycles. The molecule has 0 fully saturated rings. The number of phenols is 2. The van der Waals surface area contributed by atoms with Crippen molar-refractivity contribution >= 4 is 16.9 Å². The average Bonchev–Trinajstić information content (AvgIpc) is 2.54. The predicted molar refractivity (Wildman–Crippen MR) is 92.7 cm³/mol. The summed E-state index contributed by atoms with van der Waals surface area (Å²) >= 11 is 0. The molecule has 0 saturated heterocycles. The van der Waals surface area contributed by atoms with Crippen molar-refractivity contribution < 1.29 is 24.5 Å². The summed E-state index contributed by atoms with van der Waals surface area (Å²) in [7, 11) is 0. The summed E-state index contributed by atoms with van der Waals surface area (Å²) in [6.07, 6.45) is 0.567. The Balaban J connectivity index is 2.35. The topological polar surface area (TPSA) is 120 Å². The van der Waals surface area contributed by atoms with Gasteiger partial charge in [-0.1, -0.05) is 20.3 Å². The highest BCUT2D eigenvalue weighted by atomic mass is 16.4. The van der Waals surface area contributed by atoms with Gasteiger partial charge < -0.3 is 25.1 Å². The van der Waals surface area contributed by atoms with E-state index in [1.165, 1.54) is 6.07 Å². The Hall–Kier alpha value is -2.54. The van der Waals surface area contributed by atoms with Crippen LogP contribution >= 0.6 is 0 Å². The fourth-order valence-electron chi connectivity index (χ4n) is 2.78. The van der Waals surface area contributed by atoms with Crippen LogP contribution in [-0.2, 0) is 11.2 Å². The Bertz CT molecular complexity index is 842. The Morgan fingerprint density at radius 2 is 2.00 bits per heavy atom. The van der Waals surface area contributed by atoms with Gasteiger partial charge in [0.2, 0.25) is 5.91 Å². The average molecular weight is 349 g/mol. The summed E-state index contributed by atoms with van der Waals surface area (Å²) in [5.74, 6) is -0.773. The Morgan fingerprint density at radius 3 is 2.60 bits per heavy atom. The van der Waals surface area contributed by atoms with Crippen molar-refractivity contribution in [2.24, 2.45) is 5.92 Å². The minimum Gasteiger partial charge on any atom is -0.508 e. The third-order valence-corrected chi connectivity index (χ3v) is 4.55. The van der Waals surface area contributed by atoms with Crippen LogP contribution in [0.1, 0.15) is 31.4 Å². The fraction of sp³-hybridized carbons (Fsp3) is 0.444. The van der Waals surface area contributed by atoms with E-state index >= 15 is 0 Å². The summed E-state index contributed by atoms with van der Waals surface area (Å²) in [5, 5.41) is 31.9. The molecule has 2 atom stereocenters. The van der Waals surface area contributed by atoms with Gasteiger partial charge in [0.1, 0.15) is 17.1 Å². The molecule has 1 aromatic carbocycles. The van der Waals surface area contributed by atoms with Crippen molar-refractivity contribution in [2.45, 2.75) is 39.7 Å². The number of carbonyl (C=O) groups is 1. The number of benzene rings is 1. The van der Waals surface area contributed by atoms with Crippen LogP contribution in [0.25, 0.3) is 11.0 Å². The molecule has 0 bridgehead atoms. The second-order valence-corrected chi connectivity index (χ2v) is 6.25. The Labute approximate surface area is 144 Å². The van der Waals surface area contributed by atoms with Gasteiger partial charge in [0.15, 0.2) is 0 Å². The summed E-state index contributed by atoms with van der Waals surface area (Å²) in [6.45, 7) is 5.30. The fourth-order valence-corrected chi connectivity index (χ4v) is 2.78. The van der Waals surface area contributed by atoms with E-state index in [-0.39, 0.29) is 47.0 Å². The van der Waals surface area contributed by atoms with Crippen LogP contribution < -0.4 is 10.9 Å². The van der Waals surface area contributed by atoms with E-state index < -0.39 is 17.6 Å². The smallest absolute Gasteiger partial charge is 0.340 e. The van der Waals surface area contributed by atoms with Crippen LogP contribution in [0.15, 0.2) is 21.3 Å². The zero-order chi connectivity index (χ0) is 18.7. The molecule has 136 valence electrons. The molecule has 0 radical (unpaired) electrons. The van der Waals surface area contributed by atoms with Crippen molar-refractivity contribution in [3.63, 3.8) is 0 Å². The molecule has 1 heterocycles. The Morgan fingerprint density at radius 1 is 1.32 bits per heavy atom. The molecule has 0 spiro atoms. The molecular weight excluding hydrogens is 326 g/mol. The maximum Gasteiger partial charge on any atom is 0.340 e. The molecule has 2 aromatic rings. The van der Waals surface area contributed by atoms with Gasteiger partial charge in [-0.3, -0.25) is 4.79 Å². The number of aliphatic hydroxyl groups excluding tert-OH is 1. The van der Waals surface area contributed by atoms with E-state index in [9.17, 15) is 24.9 Å². The molecule has 0 unspecified atom stereocenters. The van der Waals surface area contributed by atoms with Crippen LogP contribution in [0.2, 0.25) is 0 Å². The molecule has 7 nitrogen and oxygen atoms in total. The number of fused-ring (bicyclic) bond motifs is 1. The molecule has 0 saturated carbocycles. The first-order chi connectivity index (χ1) is 11.8. The third kappa shape index (κ3) is 3.93. The summed E-state index contributed by atoms with van der Waals surface area (Å²) in [4.78, 5) is 24.5. The first kappa shape index (κ1) is 18.8. The van der Waals surface area contributed by atoms with E-state index in [2.05, 4.69) is 5.32 Å². The van der Waals surface area contributed by atoms with Gasteiger partial charge in [-0.25, -0.2) is 4.79 Å². The minimum absolute atomic E-state index is 0.0528. The number of amides is 1. The third-order valence-electron chi connectivity index (χ3n) is 4.55. The van der Waals surface area contributed by atoms with Crippen LogP contribution in [-0.4, -0.2) is 33.9 Å². The van der Waals surface area contributed by atoms with Gasteiger partial charge >= 0.3 is 5.63 Å². The zero-order valence-corrected chi connectivity index (χ0v) is 14.5. The molecular formula is C18H23NO6. The molecule has 0 aliphatic heterocycles. The molecule has 7 heteroatoms. The SMILES string of the molecule is CC[C@H](C)[C@@H](CO)NC(=O)Cc1c(C)c2c(O)cc(O)cc2oc1=O. The lowest BCUT2D eigenvalue weighted by Crippen LogP contribution is -2.43. The van der Waals surface area contributed by atoms with Gasteiger partial charge in [0.05, 0.1) is 30.0 Å². The van der Waals surface area contributed by atoms with Crippen LogP contribution in [0.4, 0.5) is 0 Å². The highest BCUT2D eigenvalue weighted by Gasteiger charge is 2.21. The highest BCUT2D eigenvalue weighted by molar-refractivity contribution is 5.90. The van der Waals surface area contributed by atoms with Crippen molar-refractivity contribution in [2.75, 3.05) is 6.61 Å². The van der Waals surface area contributed by atoms with Gasteiger partial charge in [-0.15, -0.1) is 0 Å². The van der Waals surface area contributed by atoms with Crippen molar-refractivity contribution in [3.05, 3.63) is 33.7 Å². The molecule has 1 aromatic heterocycles. The number of nitrogens with one attached hydrogen (secondary N) is 1. The first-order valence-electron chi connectivity index (χ1n) is 8.16. The van der Waals surface area contributed by atoms with Crippen molar-refractivity contribution in [1.82, 2.24) is 5.32 Å². The molecule has 1 amide bonds. The number of hydrogen-bond donors (Lipinski definition) is 4. The summed E-state index contributed by atoms with van der Waals surface area (Å²) in [5.41, 5.74) is -0.0962. The maximum absolute atomic E-state index is 12.3. The van der Waals surface area contributed by atoms with Crippen LogP contribution in [0, 0.1) is 12.8 Å².